The van der Waals surface area contributed by atoms with Crippen LogP contribution in [0.3, 0.4) is 0 Å². The van der Waals surface area contributed by atoms with E-state index < -0.39 is 0 Å². The summed E-state index contributed by atoms with van der Waals surface area (Å²) in [6.45, 7) is 8.72. The van der Waals surface area contributed by atoms with E-state index in [-0.39, 0.29) is 0 Å². The highest BCUT2D eigenvalue weighted by atomic mass is 32.1. The quantitative estimate of drug-likeness (QED) is 0.888. The maximum Gasteiger partial charge on any atom is 0.0411 e. The molecular weight excluding hydrogens is 276 g/mol. The molecule has 1 fully saturated rings. The maximum atomic E-state index is 3.61. The molecular formula is C18H24N2S. The van der Waals surface area contributed by atoms with Crippen molar-refractivity contribution in [3.8, 4) is 0 Å². The van der Waals surface area contributed by atoms with Crippen LogP contribution in [0.5, 0.6) is 0 Å². The van der Waals surface area contributed by atoms with E-state index in [2.05, 4.69) is 54.4 Å². The van der Waals surface area contributed by atoms with Gasteiger partial charge >= 0.3 is 0 Å². The van der Waals surface area contributed by atoms with Gasteiger partial charge in [-0.05, 0) is 49.9 Å². The Bertz CT molecular complexity index is 578. The molecule has 0 amide bonds. The summed E-state index contributed by atoms with van der Waals surface area (Å²) in [5.41, 5.74) is 4.25. The third kappa shape index (κ3) is 3.47. The van der Waals surface area contributed by atoms with Gasteiger partial charge in [0, 0.05) is 41.6 Å². The summed E-state index contributed by atoms with van der Waals surface area (Å²) in [5.74, 6) is 0. The van der Waals surface area contributed by atoms with E-state index in [4.69, 9.17) is 0 Å². The highest BCUT2D eigenvalue weighted by Gasteiger charge is 2.14. The Morgan fingerprint density at radius 1 is 1.10 bits per heavy atom. The summed E-state index contributed by atoms with van der Waals surface area (Å²) in [6.07, 6.45) is 2.66. The van der Waals surface area contributed by atoms with Crippen molar-refractivity contribution < 1.29 is 0 Å². The van der Waals surface area contributed by atoms with Crippen molar-refractivity contribution in [2.75, 3.05) is 18.0 Å². The lowest BCUT2D eigenvalue weighted by Gasteiger charge is -2.21. The second kappa shape index (κ2) is 6.63. The summed E-state index contributed by atoms with van der Waals surface area (Å²) in [7, 11) is 0. The van der Waals surface area contributed by atoms with E-state index in [1.54, 1.807) is 0 Å². The molecule has 0 unspecified atom stereocenters. The molecule has 1 N–H and O–H groups in total. The van der Waals surface area contributed by atoms with Crippen molar-refractivity contribution in [2.24, 2.45) is 0 Å². The van der Waals surface area contributed by atoms with Crippen LogP contribution in [-0.4, -0.2) is 13.1 Å². The second-order valence-electron chi connectivity index (χ2n) is 5.88. The van der Waals surface area contributed by atoms with Crippen LogP contribution in [0.2, 0.25) is 0 Å². The van der Waals surface area contributed by atoms with Crippen LogP contribution in [0.15, 0.2) is 30.3 Å². The number of anilines is 1. The first-order valence-electron chi connectivity index (χ1n) is 7.83. The zero-order valence-corrected chi connectivity index (χ0v) is 13.8. The number of para-hydroxylation sites is 1. The van der Waals surface area contributed by atoms with E-state index in [9.17, 15) is 0 Å². The topological polar surface area (TPSA) is 15.3 Å². The first kappa shape index (κ1) is 14.6. The van der Waals surface area contributed by atoms with Crippen molar-refractivity contribution in [2.45, 2.75) is 39.8 Å². The molecule has 0 bridgehead atoms. The molecule has 0 aliphatic carbocycles. The minimum atomic E-state index is 0.947. The van der Waals surface area contributed by atoms with Gasteiger partial charge in [-0.15, -0.1) is 11.3 Å². The van der Waals surface area contributed by atoms with Gasteiger partial charge in [0.15, 0.2) is 0 Å². The summed E-state index contributed by atoms with van der Waals surface area (Å²) in [4.78, 5) is 5.39. The summed E-state index contributed by atoms with van der Waals surface area (Å²) >= 11 is 1.91. The first-order chi connectivity index (χ1) is 10.2. The molecule has 0 atom stereocenters. The van der Waals surface area contributed by atoms with E-state index in [1.807, 2.05) is 11.3 Å². The molecule has 3 heteroatoms. The van der Waals surface area contributed by atoms with Crippen LogP contribution in [0.1, 0.15) is 33.7 Å². The lowest BCUT2D eigenvalue weighted by molar-refractivity contribution is 0.698. The van der Waals surface area contributed by atoms with Crippen LogP contribution >= 0.6 is 11.3 Å². The molecule has 0 spiro atoms. The molecule has 3 rings (SSSR count). The molecule has 1 aromatic carbocycles. The van der Waals surface area contributed by atoms with Gasteiger partial charge in [0.1, 0.15) is 0 Å². The van der Waals surface area contributed by atoms with Crippen molar-refractivity contribution in [1.82, 2.24) is 5.32 Å². The molecule has 1 aromatic heterocycles. The highest BCUT2D eigenvalue weighted by molar-refractivity contribution is 7.12. The van der Waals surface area contributed by atoms with E-state index in [0.29, 0.717) is 0 Å². The largest absolute Gasteiger partial charge is 0.371 e. The Morgan fingerprint density at radius 2 is 1.86 bits per heavy atom. The van der Waals surface area contributed by atoms with Gasteiger partial charge in [0.05, 0.1) is 0 Å². The number of hydrogen-bond acceptors (Lipinski definition) is 3. The predicted molar refractivity (Wildman–Crippen MR) is 92.2 cm³/mol. The van der Waals surface area contributed by atoms with Crippen LogP contribution in [0.4, 0.5) is 5.69 Å². The Hall–Kier alpha value is -1.32. The average Bonchev–Trinajstić information content (AvgIpc) is 3.11. The molecule has 2 nitrogen and oxygen atoms in total. The fourth-order valence-corrected chi connectivity index (χ4v) is 4.01. The van der Waals surface area contributed by atoms with Gasteiger partial charge in [-0.25, -0.2) is 0 Å². The van der Waals surface area contributed by atoms with E-state index >= 15 is 0 Å². The third-order valence-electron chi connectivity index (χ3n) is 4.27. The number of nitrogens with zero attached hydrogens (tertiary/aromatic N) is 1. The predicted octanol–water partition coefficient (Wildman–Crippen LogP) is 4.25. The molecule has 2 heterocycles. The van der Waals surface area contributed by atoms with Gasteiger partial charge in [-0.1, -0.05) is 18.2 Å². The SMILES string of the molecule is Cc1cc(CNCc2ccccc2N2CCCC2)sc1C. The van der Waals surface area contributed by atoms with Gasteiger partial charge < -0.3 is 10.2 Å². The summed E-state index contributed by atoms with van der Waals surface area (Å²) in [6, 6.07) is 11.1. The molecule has 0 saturated carbocycles. The van der Waals surface area contributed by atoms with Crippen molar-refractivity contribution in [3.05, 3.63) is 51.2 Å². The molecule has 21 heavy (non-hydrogen) atoms. The van der Waals surface area contributed by atoms with Crippen molar-refractivity contribution >= 4 is 17.0 Å². The van der Waals surface area contributed by atoms with Crippen LogP contribution in [0, 0.1) is 13.8 Å². The Morgan fingerprint density at radius 3 is 2.57 bits per heavy atom. The number of aryl methyl sites for hydroxylation is 2. The normalized spacial score (nSPS) is 14.9. The zero-order chi connectivity index (χ0) is 14.7. The zero-order valence-electron chi connectivity index (χ0n) is 13.0. The molecule has 112 valence electrons. The van der Waals surface area contributed by atoms with Gasteiger partial charge in [-0.2, -0.15) is 0 Å². The molecule has 1 saturated heterocycles. The van der Waals surface area contributed by atoms with Crippen LogP contribution in [-0.2, 0) is 13.1 Å². The van der Waals surface area contributed by atoms with E-state index in [1.165, 1.54) is 52.5 Å². The van der Waals surface area contributed by atoms with Gasteiger partial charge in [-0.3, -0.25) is 0 Å². The number of hydrogen-bond donors (Lipinski definition) is 1. The Kier molecular flexibility index (Phi) is 4.61. The van der Waals surface area contributed by atoms with Crippen LogP contribution < -0.4 is 10.2 Å². The lowest BCUT2D eigenvalue weighted by atomic mass is 10.1. The average molecular weight is 300 g/mol. The minimum Gasteiger partial charge on any atom is -0.371 e. The fraction of sp³-hybridized carbons (Fsp3) is 0.444. The standard InChI is InChI=1S/C18H24N2S/c1-14-11-17(21-15(14)2)13-19-12-16-7-3-4-8-18(16)20-9-5-6-10-20/h3-4,7-8,11,19H,5-6,9-10,12-13H2,1-2H3. The summed E-state index contributed by atoms with van der Waals surface area (Å²) < 4.78 is 0. The third-order valence-corrected chi connectivity index (χ3v) is 5.42. The highest BCUT2D eigenvalue weighted by Crippen LogP contribution is 2.25. The maximum absolute atomic E-state index is 3.61. The van der Waals surface area contributed by atoms with Crippen molar-refractivity contribution in [1.29, 1.82) is 0 Å². The van der Waals surface area contributed by atoms with Crippen LogP contribution in [0.25, 0.3) is 0 Å². The molecule has 1 aliphatic rings. The molecule has 2 aromatic rings. The summed E-state index contributed by atoms with van der Waals surface area (Å²) in [5, 5.41) is 3.61. The smallest absolute Gasteiger partial charge is 0.0411 e. The first-order valence-corrected chi connectivity index (χ1v) is 8.65. The molecule has 0 radical (unpaired) electrons. The van der Waals surface area contributed by atoms with Gasteiger partial charge in [0.2, 0.25) is 0 Å². The second-order valence-corrected chi connectivity index (χ2v) is 7.22. The number of thiophene rings is 1. The number of benzene rings is 1. The molecule has 1 aliphatic heterocycles. The Labute approximate surface area is 131 Å². The number of nitrogens with one attached hydrogen (secondary N) is 1. The monoisotopic (exact) mass is 300 g/mol. The van der Waals surface area contributed by atoms with E-state index in [0.717, 1.165) is 13.1 Å². The van der Waals surface area contributed by atoms with Crippen molar-refractivity contribution in [3.63, 3.8) is 0 Å². The van der Waals surface area contributed by atoms with Gasteiger partial charge in [0.25, 0.3) is 0 Å². The lowest BCUT2D eigenvalue weighted by Crippen LogP contribution is -2.21. The Balaban J connectivity index is 1.62. The minimum absolute atomic E-state index is 0.947. The fourth-order valence-electron chi connectivity index (χ4n) is 2.98. The number of rotatable bonds is 5.